The van der Waals surface area contributed by atoms with Gasteiger partial charge in [0.15, 0.2) is 0 Å². The summed E-state index contributed by atoms with van der Waals surface area (Å²) in [6.07, 6.45) is 0. The first-order valence-electron chi connectivity index (χ1n) is 3.74. The number of thiocarbonyl (C=S) groups is 1. The van der Waals surface area contributed by atoms with Gasteiger partial charge in [0.05, 0.1) is 6.61 Å². The van der Waals surface area contributed by atoms with Crippen LogP contribution in [0.1, 0.15) is 5.56 Å². The van der Waals surface area contributed by atoms with Crippen molar-refractivity contribution >= 4 is 17.2 Å². The van der Waals surface area contributed by atoms with E-state index in [-0.39, 0.29) is 6.61 Å². The average Bonchev–Trinajstić information content (AvgIpc) is 2.16. The number of rotatable bonds is 3. The van der Waals surface area contributed by atoms with E-state index >= 15 is 0 Å². The maximum absolute atomic E-state index is 8.61. The number of hydrogen-bond donors (Lipinski definition) is 2. The number of aliphatic hydroxyl groups is 1. The Hall–Kier alpha value is -0.930. The first-order valence-corrected chi connectivity index (χ1v) is 4.15. The highest BCUT2D eigenvalue weighted by Gasteiger charge is 1.92. The predicted octanol–water partition coefficient (Wildman–Crippen LogP) is 1.10. The minimum Gasteiger partial charge on any atom is -0.389 e. The summed E-state index contributed by atoms with van der Waals surface area (Å²) in [5, 5.41) is 11.5. The molecule has 0 aliphatic rings. The second-order valence-corrected chi connectivity index (χ2v) is 2.91. The first kappa shape index (κ1) is 9.16. The van der Waals surface area contributed by atoms with E-state index < -0.39 is 0 Å². The normalized spacial score (nSPS) is 9.42. The smallest absolute Gasteiger partial charge is 0.101 e. The van der Waals surface area contributed by atoms with Gasteiger partial charge in [0.1, 0.15) is 4.99 Å². The molecule has 0 saturated carbocycles. The lowest BCUT2D eigenvalue weighted by Gasteiger charge is -2.04. The molecule has 2 N–H and O–H groups in total. The van der Waals surface area contributed by atoms with Gasteiger partial charge in [-0.15, -0.1) is 0 Å². The van der Waals surface area contributed by atoms with Crippen LogP contribution in [0.5, 0.6) is 0 Å². The van der Waals surface area contributed by atoms with Crippen molar-refractivity contribution < 1.29 is 5.11 Å². The third-order valence-electron chi connectivity index (χ3n) is 1.48. The molecule has 2 nitrogen and oxygen atoms in total. The predicted molar refractivity (Wildman–Crippen MR) is 53.0 cm³/mol. The minimum atomic E-state index is -0.0812. The molecule has 0 spiro atoms. The van der Waals surface area contributed by atoms with Crippen molar-refractivity contribution in [1.29, 1.82) is 0 Å². The zero-order valence-electron chi connectivity index (χ0n) is 6.66. The van der Waals surface area contributed by atoms with Crippen LogP contribution < -0.4 is 5.32 Å². The summed E-state index contributed by atoms with van der Waals surface area (Å²) in [6.45, 7) is 0.600. The van der Waals surface area contributed by atoms with Crippen LogP contribution in [0.25, 0.3) is 0 Å². The van der Waals surface area contributed by atoms with Gasteiger partial charge in [-0.05, 0) is 5.56 Å². The summed E-state index contributed by atoms with van der Waals surface area (Å²) in [7, 11) is 0. The van der Waals surface area contributed by atoms with E-state index in [4.69, 9.17) is 17.3 Å². The van der Waals surface area contributed by atoms with Gasteiger partial charge in [0, 0.05) is 6.54 Å². The average molecular weight is 181 g/mol. The highest BCUT2D eigenvalue weighted by Crippen LogP contribution is 1.96. The summed E-state index contributed by atoms with van der Waals surface area (Å²) in [4.78, 5) is 0.485. The van der Waals surface area contributed by atoms with Crippen LogP contribution in [0.15, 0.2) is 30.3 Å². The molecule has 0 aromatic heterocycles. The van der Waals surface area contributed by atoms with Gasteiger partial charge < -0.3 is 10.4 Å². The van der Waals surface area contributed by atoms with E-state index in [0.29, 0.717) is 11.5 Å². The first-order chi connectivity index (χ1) is 5.83. The summed E-state index contributed by atoms with van der Waals surface area (Å²) in [5.41, 5.74) is 1.16. The van der Waals surface area contributed by atoms with Crippen LogP contribution in [0.4, 0.5) is 0 Å². The zero-order chi connectivity index (χ0) is 8.81. The number of nitrogens with one attached hydrogen (secondary N) is 1. The highest BCUT2D eigenvalue weighted by molar-refractivity contribution is 7.80. The van der Waals surface area contributed by atoms with Crippen molar-refractivity contribution in [1.82, 2.24) is 5.32 Å². The Kier molecular flexibility index (Phi) is 3.70. The number of benzene rings is 1. The second kappa shape index (κ2) is 4.85. The molecule has 1 rings (SSSR count). The molecular formula is C9H11NOS. The maximum atomic E-state index is 8.61. The molecule has 0 fully saturated rings. The minimum absolute atomic E-state index is 0.0812. The third-order valence-corrected chi connectivity index (χ3v) is 1.75. The summed E-state index contributed by atoms with van der Waals surface area (Å²) < 4.78 is 0. The fourth-order valence-corrected chi connectivity index (χ4v) is 0.925. The monoisotopic (exact) mass is 181 g/mol. The van der Waals surface area contributed by atoms with Gasteiger partial charge >= 0.3 is 0 Å². The lowest BCUT2D eigenvalue weighted by atomic mass is 10.2. The fraction of sp³-hybridized carbons (Fsp3) is 0.222. The quantitative estimate of drug-likeness (QED) is 0.685. The lowest BCUT2D eigenvalue weighted by molar-refractivity contribution is 0.355. The van der Waals surface area contributed by atoms with Gasteiger partial charge in [0.25, 0.3) is 0 Å². The van der Waals surface area contributed by atoms with Crippen LogP contribution in [0, 0.1) is 0 Å². The van der Waals surface area contributed by atoms with Crippen molar-refractivity contribution in [2.45, 2.75) is 6.54 Å². The molecule has 0 radical (unpaired) electrons. The Morgan fingerprint density at radius 1 is 1.33 bits per heavy atom. The molecule has 1 aromatic rings. The van der Waals surface area contributed by atoms with Crippen LogP contribution in [0.2, 0.25) is 0 Å². The van der Waals surface area contributed by atoms with Gasteiger partial charge in [-0.1, -0.05) is 42.5 Å². The van der Waals surface area contributed by atoms with E-state index in [9.17, 15) is 0 Å². The SMILES string of the molecule is OCC(=S)NCc1ccccc1. The number of aliphatic hydroxyl groups excluding tert-OH is 1. The van der Waals surface area contributed by atoms with Crippen LogP contribution in [-0.4, -0.2) is 16.7 Å². The summed E-state index contributed by atoms with van der Waals surface area (Å²) in [6, 6.07) is 9.92. The van der Waals surface area contributed by atoms with Crippen LogP contribution >= 0.6 is 12.2 Å². The standard InChI is InChI=1S/C9H11NOS/c11-7-9(12)10-6-8-4-2-1-3-5-8/h1-5,11H,6-7H2,(H,10,12). The lowest BCUT2D eigenvalue weighted by Crippen LogP contribution is -2.23. The molecule has 0 heterocycles. The topological polar surface area (TPSA) is 32.3 Å². The van der Waals surface area contributed by atoms with Gasteiger partial charge in [-0.3, -0.25) is 0 Å². The van der Waals surface area contributed by atoms with E-state index in [0.717, 1.165) is 5.56 Å². The molecule has 0 unspecified atom stereocenters. The molecule has 0 saturated heterocycles. The van der Waals surface area contributed by atoms with Crippen molar-refractivity contribution in [3.8, 4) is 0 Å². The Bertz CT molecular complexity index is 248. The van der Waals surface area contributed by atoms with Gasteiger partial charge in [-0.2, -0.15) is 0 Å². The Morgan fingerprint density at radius 3 is 2.58 bits per heavy atom. The zero-order valence-corrected chi connectivity index (χ0v) is 7.47. The maximum Gasteiger partial charge on any atom is 0.101 e. The van der Waals surface area contributed by atoms with Gasteiger partial charge in [0.2, 0.25) is 0 Å². The summed E-state index contributed by atoms with van der Waals surface area (Å²) >= 11 is 4.79. The molecule has 0 atom stereocenters. The highest BCUT2D eigenvalue weighted by atomic mass is 32.1. The Labute approximate surface area is 77.2 Å². The van der Waals surface area contributed by atoms with E-state index in [1.165, 1.54) is 0 Å². The number of hydrogen-bond acceptors (Lipinski definition) is 2. The molecule has 3 heteroatoms. The van der Waals surface area contributed by atoms with Crippen molar-refractivity contribution in [2.24, 2.45) is 0 Å². The summed E-state index contributed by atoms with van der Waals surface area (Å²) in [5.74, 6) is 0. The van der Waals surface area contributed by atoms with Crippen molar-refractivity contribution in [3.63, 3.8) is 0 Å². The second-order valence-electron chi connectivity index (χ2n) is 2.42. The van der Waals surface area contributed by atoms with Gasteiger partial charge in [-0.25, -0.2) is 0 Å². The Morgan fingerprint density at radius 2 is 2.00 bits per heavy atom. The molecular weight excluding hydrogens is 170 g/mol. The van der Waals surface area contributed by atoms with Crippen molar-refractivity contribution in [3.05, 3.63) is 35.9 Å². The third kappa shape index (κ3) is 2.98. The molecule has 0 bridgehead atoms. The molecule has 0 aliphatic heterocycles. The van der Waals surface area contributed by atoms with E-state index in [2.05, 4.69) is 5.32 Å². The molecule has 12 heavy (non-hydrogen) atoms. The van der Waals surface area contributed by atoms with Crippen molar-refractivity contribution in [2.75, 3.05) is 6.61 Å². The molecule has 64 valence electrons. The van der Waals surface area contributed by atoms with Crippen LogP contribution in [-0.2, 0) is 6.54 Å². The van der Waals surface area contributed by atoms with E-state index in [1.54, 1.807) is 0 Å². The molecule has 1 aromatic carbocycles. The van der Waals surface area contributed by atoms with E-state index in [1.807, 2.05) is 30.3 Å². The van der Waals surface area contributed by atoms with Crippen LogP contribution in [0.3, 0.4) is 0 Å². The molecule has 0 aliphatic carbocycles. The Balaban J connectivity index is 2.38. The molecule has 0 amide bonds. The largest absolute Gasteiger partial charge is 0.389 e. The fourth-order valence-electron chi connectivity index (χ4n) is 0.852.